The molecule has 0 atom stereocenters. The molecule has 0 fully saturated rings. The molecule has 0 bridgehead atoms. The van der Waals surface area contributed by atoms with Crippen molar-refractivity contribution in [2.45, 2.75) is 90.3 Å². The van der Waals surface area contributed by atoms with Gasteiger partial charge < -0.3 is 28.4 Å². The van der Waals surface area contributed by atoms with E-state index in [0.29, 0.717) is 39.6 Å². The first-order valence-electron chi connectivity index (χ1n) is 28.0. The van der Waals surface area contributed by atoms with Crippen molar-refractivity contribution in [2.24, 2.45) is 0 Å². The first kappa shape index (κ1) is 56.8. The summed E-state index contributed by atoms with van der Waals surface area (Å²) in [7, 11) is 0. The highest BCUT2D eigenvalue weighted by Gasteiger charge is 2.23. The second-order valence-electron chi connectivity index (χ2n) is 19.8. The highest BCUT2D eigenvalue weighted by atomic mass is 32.1. The lowest BCUT2D eigenvalue weighted by Gasteiger charge is -2.14. The number of carbonyl (C=O) groups is 2. The Hall–Kier alpha value is -7.92. The van der Waals surface area contributed by atoms with Crippen molar-refractivity contribution >= 4 is 54.8 Å². The summed E-state index contributed by atoms with van der Waals surface area (Å²) in [6, 6.07) is 59.6. The predicted molar refractivity (Wildman–Crippen MR) is 329 cm³/mol. The maximum atomic E-state index is 11.2. The SMILES string of the molecule is C=CC(=O)OCCCCCCCCOc1ccc(-c2ccc(COc3c4cc(-c5ccccc5)sc4c(OCc4ccc(-c5ccc(OCCCCCCCCOC(=O)C=C)cc5)cc4)c4cc(-c5ccccc5)sc34)cc2)cc1. The highest BCUT2D eigenvalue weighted by molar-refractivity contribution is 7.24. The molecule has 410 valence electrons. The number of unbranched alkanes of at least 4 members (excludes halogenated alkanes) is 10. The first-order valence-corrected chi connectivity index (χ1v) is 29.7. The van der Waals surface area contributed by atoms with Gasteiger partial charge in [0.25, 0.3) is 0 Å². The zero-order valence-electron chi connectivity index (χ0n) is 45.5. The Labute approximate surface area is 479 Å². The van der Waals surface area contributed by atoms with Crippen LogP contribution >= 0.6 is 22.7 Å². The van der Waals surface area contributed by atoms with Crippen LogP contribution in [0.15, 0.2) is 195 Å². The normalized spacial score (nSPS) is 11.1. The van der Waals surface area contributed by atoms with Gasteiger partial charge in [-0.1, -0.05) is 198 Å². The summed E-state index contributed by atoms with van der Waals surface area (Å²) in [4.78, 5) is 24.7. The molecule has 0 aliphatic carbocycles. The smallest absolute Gasteiger partial charge is 0.330 e. The van der Waals surface area contributed by atoms with Gasteiger partial charge in [-0.2, -0.15) is 0 Å². The van der Waals surface area contributed by atoms with Gasteiger partial charge in [0.15, 0.2) is 0 Å². The van der Waals surface area contributed by atoms with Gasteiger partial charge in [0.05, 0.1) is 35.8 Å². The standard InChI is InChI=1S/C70H70O8S2/c1-3-65(71)75-45-21-11-7-5-9-19-43-73-59-39-35-55(36-40-59)53-31-27-51(28-32-53)49-77-67-61-47-63(57-23-15-13-16-24-57)80-70(61)68(62-48-64(79-69(62)67)58-25-17-14-18-26-58)78-50-52-29-33-54(34-30-52)56-37-41-60(42-38-56)74-44-20-10-6-8-12-22-46-76-66(72)4-2/h3-4,13-18,23-42,47-48H,1-2,5-12,19-22,43-46,49-50H2. The Morgan fingerprint density at radius 1 is 0.362 bits per heavy atom. The average molecular weight is 1100 g/mol. The van der Waals surface area contributed by atoms with E-state index in [1.807, 2.05) is 0 Å². The topological polar surface area (TPSA) is 89.5 Å². The summed E-state index contributed by atoms with van der Waals surface area (Å²) in [6.45, 7) is 9.96. The van der Waals surface area contributed by atoms with Crippen molar-refractivity contribution < 1.29 is 38.0 Å². The van der Waals surface area contributed by atoms with Crippen LogP contribution in [-0.4, -0.2) is 38.4 Å². The maximum Gasteiger partial charge on any atom is 0.330 e. The van der Waals surface area contributed by atoms with Crippen molar-refractivity contribution in [2.75, 3.05) is 26.4 Å². The molecule has 0 N–H and O–H groups in total. The number of carbonyl (C=O) groups excluding carboxylic acids is 2. The quantitative estimate of drug-likeness (QED) is 0.0234. The van der Waals surface area contributed by atoms with Gasteiger partial charge in [-0.25, -0.2) is 9.59 Å². The van der Waals surface area contributed by atoms with Gasteiger partial charge in [0.1, 0.15) is 36.2 Å². The van der Waals surface area contributed by atoms with Crippen LogP contribution in [0.2, 0.25) is 0 Å². The molecule has 80 heavy (non-hydrogen) atoms. The number of thiophene rings is 2. The Morgan fingerprint density at radius 3 is 1.04 bits per heavy atom. The zero-order valence-corrected chi connectivity index (χ0v) is 47.2. The van der Waals surface area contributed by atoms with Crippen LogP contribution in [0.1, 0.15) is 88.2 Å². The number of hydrogen-bond donors (Lipinski definition) is 0. The Kier molecular flexibility index (Phi) is 21.2. The van der Waals surface area contributed by atoms with E-state index >= 15 is 0 Å². The minimum absolute atomic E-state index is 0.353. The van der Waals surface area contributed by atoms with Crippen LogP contribution in [0.5, 0.6) is 23.0 Å². The van der Waals surface area contributed by atoms with Crippen molar-refractivity contribution in [3.05, 3.63) is 206 Å². The van der Waals surface area contributed by atoms with E-state index in [1.165, 1.54) is 12.2 Å². The van der Waals surface area contributed by atoms with E-state index < -0.39 is 0 Å². The van der Waals surface area contributed by atoms with Crippen LogP contribution in [0, 0.1) is 0 Å². The molecule has 10 heteroatoms. The van der Waals surface area contributed by atoms with Crippen molar-refractivity contribution in [1.29, 1.82) is 0 Å². The van der Waals surface area contributed by atoms with Crippen LogP contribution in [0.25, 0.3) is 63.3 Å². The highest BCUT2D eigenvalue weighted by Crippen LogP contribution is 2.53. The number of benzene rings is 7. The molecule has 2 heterocycles. The molecule has 0 saturated heterocycles. The van der Waals surface area contributed by atoms with Gasteiger partial charge in [0, 0.05) is 32.7 Å². The molecule has 9 aromatic rings. The fourth-order valence-electron chi connectivity index (χ4n) is 9.53. The summed E-state index contributed by atoms with van der Waals surface area (Å²) >= 11 is 3.49. The van der Waals surface area contributed by atoms with Crippen molar-refractivity contribution in [3.63, 3.8) is 0 Å². The molecule has 0 amide bonds. The molecular weight excluding hydrogens is 1030 g/mol. The van der Waals surface area contributed by atoms with Gasteiger partial charge in [-0.3, -0.25) is 0 Å². The molecule has 0 unspecified atom stereocenters. The molecular formula is C70H70O8S2. The van der Waals surface area contributed by atoms with E-state index in [9.17, 15) is 9.59 Å². The third kappa shape index (κ3) is 16.1. The van der Waals surface area contributed by atoms with Crippen LogP contribution < -0.4 is 18.9 Å². The fraction of sp³-hybridized carbons (Fsp3) is 0.257. The molecule has 0 spiro atoms. The van der Waals surface area contributed by atoms with Crippen LogP contribution in [-0.2, 0) is 32.3 Å². The van der Waals surface area contributed by atoms with Gasteiger partial charge in [-0.05, 0) is 107 Å². The molecule has 2 aromatic heterocycles. The van der Waals surface area contributed by atoms with E-state index in [2.05, 4.69) is 183 Å². The number of esters is 2. The first-order chi connectivity index (χ1) is 39.4. The summed E-state index contributed by atoms with van der Waals surface area (Å²) in [5.74, 6) is 2.78. The van der Waals surface area contributed by atoms with E-state index in [4.69, 9.17) is 28.4 Å². The second kappa shape index (κ2) is 29.9. The number of hydrogen-bond acceptors (Lipinski definition) is 10. The molecule has 7 aromatic carbocycles. The molecule has 8 nitrogen and oxygen atoms in total. The van der Waals surface area contributed by atoms with Crippen LogP contribution in [0.4, 0.5) is 0 Å². The largest absolute Gasteiger partial charge is 0.494 e. The molecule has 0 aliphatic heterocycles. The fourth-order valence-corrected chi connectivity index (χ4v) is 11.9. The van der Waals surface area contributed by atoms with Gasteiger partial charge in [0.2, 0.25) is 0 Å². The molecule has 9 rings (SSSR count). The second-order valence-corrected chi connectivity index (χ2v) is 21.9. The summed E-state index contributed by atoms with van der Waals surface area (Å²) in [5.41, 5.74) is 8.98. The lowest BCUT2D eigenvalue weighted by atomic mass is 10.0. The average Bonchev–Trinajstić information content (AvgIpc) is 4.36. The Balaban J connectivity index is 0.842. The van der Waals surface area contributed by atoms with Crippen LogP contribution in [0.3, 0.4) is 0 Å². The lowest BCUT2D eigenvalue weighted by molar-refractivity contribution is -0.138. The van der Waals surface area contributed by atoms with Crippen molar-refractivity contribution in [3.8, 4) is 66.1 Å². The van der Waals surface area contributed by atoms with Gasteiger partial charge in [-0.15, -0.1) is 22.7 Å². The predicted octanol–water partition coefficient (Wildman–Crippen LogP) is 18.8. The molecule has 0 saturated carbocycles. The molecule has 0 radical (unpaired) electrons. The summed E-state index contributed by atoms with van der Waals surface area (Å²) in [5, 5.41) is 2.08. The summed E-state index contributed by atoms with van der Waals surface area (Å²) in [6.07, 6.45) is 15.0. The lowest BCUT2D eigenvalue weighted by Crippen LogP contribution is -2.01. The zero-order chi connectivity index (χ0) is 55.1. The van der Waals surface area contributed by atoms with Crippen molar-refractivity contribution in [1.82, 2.24) is 0 Å². The minimum atomic E-state index is -0.353. The Bertz CT molecular complexity index is 3100. The number of fused-ring (bicyclic) bond motifs is 2. The van der Waals surface area contributed by atoms with E-state index in [1.54, 1.807) is 22.7 Å². The monoisotopic (exact) mass is 1100 g/mol. The van der Waals surface area contributed by atoms with E-state index in [-0.39, 0.29) is 11.9 Å². The third-order valence-electron chi connectivity index (χ3n) is 14.0. The van der Waals surface area contributed by atoms with E-state index in [0.717, 1.165) is 174 Å². The van der Waals surface area contributed by atoms with Gasteiger partial charge >= 0.3 is 11.9 Å². The maximum absolute atomic E-state index is 11.2. The number of ether oxygens (including phenoxy) is 6. The molecule has 0 aliphatic rings. The number of rotatable bonds is 32. The minimum Gasteiger partial charge on any atom is -0.494 e. The third-order valence-corrected chi connectivity index (χ3v) is 16.3. The summed E-state index contributed by atoms with van der Waals surface area (Å²) < 4.78 is 38.4. The Morgan fingerprint density at radius 2 is 0.688 bits per heavy atom.